The van der Waals surface area contributed by atoms with Crippen molar-refractivity contribution in [3.8, 4) is 22.9 Å². The van der Waals surface area contributed by atoms with Crippen LogP contribution in [0.25, 0.3) is 33.9 Å². The van der Waals surface area contributed by atoms with Crippen LogP contribution < -0.4 is 10.7 Å². The molecular formula is C26H21ClN4O3. The molecule has 0 spiro atoms. The van der Waals surface area contributed by atoms with E-state index in [2.05, 4.69) is 20.5 Å². The lowest BCUT2D eigenvalue weighted by Gasteiger charge is -2.19. The van der Waals surface area contributed by atoms with Crippen LogP contribution in [0.3, 0.4) is 0 Å². The molecule has 5 rings (SSSR count). The van der Waals surface area contributed by atoms with E-state index in [-0.39, 0.29) is 17.4 Å². The Morgan fingerprint density at radius 1 is 1.06 bits per heavy atom. The van der Waals surface area contributed by atoms with E-state index in [1.807, 2.05) is 56.3 Å². The van der Waals surface area contributed by atoms with Gasteiger partial charge in [0.1, 0.15) is 16.5 Å². The Hall–Kier alpha value is -3.97. The van der Waals surface area contributed by atoms with Crippen molar-refractivity contribution in [3.05, 3.63) is 93.1 Å². The molecule has 0 saturated heterocycles. The second kappa shape index (κ2) is 8.76. The SMILES string of the molecule is Cc1cc(C(C)Nc2ccc(Cl)nc2-c2nnco2)c2oc(-c3ccccc3)c(C)c(=O)c2c1. The third-order valence-corrected chi connectivity index (χ3v) is 5.90. The van der Waals surface area contributed by atoms with Gasteiger partial charge in [-0.15, -0.1) is 10.2 Å². The van der Waals surface area contributed by atoms with Crippen LogP contribution in [0.5, 0.6) is 0 Å². The first-order valence-corrected chi connectivity index (χ1v) is 11.1. The summed E-state index contributed by atoms with van der Waals surface area (Å²) in [5.41, 5.74) is 4.84. The van der Waals surface area contributed by atoms with E-state index in [0.29, 0.717) is 38.8 Å². The third-order valence-electron chi connectivity index (χ3n) is 5.69. The zero-order chi connectivity index (χ0) is 23.8. The number of hydrogen-bond acceptors (Lipinski definition) is 7. The number of rotatable bonds is 5. The molecule has 3 aromatic heterocycles. The highest BCUT2D eigenvalue weighted by Gasteiger charge is 2.21. The van der Waals surface area contributed by atoms with Crippen LogP contribution in [-0.2, 0) is 0 Å². The van der Waals surface area contributed by atoms with E-state index in [1.54, 1.807) is 19.1 Å². The fourth-order valence-corrected chi connectivity index (χ4v) is 4.20. The van der Waals surface area contributed by atoms with Gasteiger partial charge >= 0.3 is 0 Å². The number of nitrogens with zero attached hydrogens (tertiary/aromatic N) is 3. The minimum absolute atomic E-state index is 0.0445. The molecule has 2 aromatic carbocycles. The number of halogens is 1. The van der Waals surface area contributed by atoms with Crippen LogP contribution >= 0.6 is 11.6 Å². The van der Waals surface area contributed by atoms with Crippen LogP contribution in [0.4, 0.5) is 5.69 Å². The first-order chi connectivity index (χ1) is 16.4. The molecule has 0 radical (unpaired) electrons. The van der Waals surface area contributed by atoms with Crippen molar-refractivity contribution in [1.82, 2.24) is 15.2 Å². The minimum atomic E-state index is -0.249. The number of nitrogens with one attached hydrogen (secondary N) is 1. The predicted octanol–water partition coefficient (Wildman–Crippen LogP) is 6.35. The lowest BCUT2D eigenvalue weighted by Crippen LogP contribution is -2.13. The molecule has 0 saturated carbocycles. The molecule has 0 bridgehead atoms. The van der Waals surface area contributed by atoms with Crippen LogP contribution in [0.15, 0.2) is 74.6 Å². The monoisotopic (exact) mass is 472 g/mol. The predicted molar refractivity (Wildman–Crippen MR) is 132 cm³/mol. The van der Waals surface area contributed by atoms with Gasteiger partial charge in [0.2, 0.25) is 6.39 Å². The molecule has 0 aliphatic carbocycles. The lowest BCUT2D eigenvalue weighted by molar-refractivity contribution is 0.566. The number of benzene rings is 2. The summed E-state index contributed by atoms with van der Waals surface area (Å²) in [6, 6.07) is 16.8. The number of aromatic nitrogens is 3. The molecule has 1 atom stereocenters. The van der Waals surface area contributed by atoms with Gasteiger partial charge in [0.25, 0.3) is 5.89 Å². The maximum Gasteiger partial charge on any atom is 0.268 e. The Morgan fingerprint density at radius 3 is 2.59 bits per heavy atom. The zero-order valence-electron chi connectivity index (χ0n) is 18.8. The highest BCUT2D eigenvalue weighted by molar-refractivity contribution is 6.29. The Labute approximate surface area is 200 Å². The van der Waals surface area contributed by atoms with Gasteiger partial charge in [0, 0.05) is 16.7 Å². The number of hydrogen-bond donors (Lipinski definition) is 1. The molecular weight excluding hydrogens is 452 g/mol. The number of anilines is 1. The molecule has 8 heteroatoms. The molecule has 0 aliphatic heterocycles. The van der Waals surface area contributed by atoms with Crippen molar-refractivity contribution >= 4 is 28.3 Å². The molecule has 34 heavy (non-hydrogen) atoms. The summed E-state index contributed by atoms with van der Waals surface area (Å²) in [5.74, 6) is 0.815. The van der Waals surface area contributed by atoms with Gasteiger partial charge in [-0.25, -0.2) is 4.98 Å². The van der Waals surface area contributed by atoms with Gasteiger partial charge in [0.15, 0.2) is 11.1 Å². The minimum Gasteiger partial charge on any atom is -0.455 e. The van der Waals surface area contributed by atoms with Gasteiger partial charge in [-0.2, -0.15) is 0 Å². The second-order valence-corrected chi connectivity index (χ2v) is 8.51. The molecule has 1 unspecified atom stereocenters. The summed E-state index contributed by atoms with van der Waals surface area (Å²) in [7, 11) is 0. The number of pyridine rings is 1. The average molecular weight is 473 g/mol. The van der Waals surface area contributed by atoms with Crippen molar-refractivity contribution in [3.63, 3.8) is 0 Å². The summed E-state index contributed by atoms with van der Waals surface area (Å²) < 4.78 is 11.8. The largest absolute Gasteiger partial charge is 0.455 e. The Bertz CT molecular complexity index is 1550. The van der Waals surface area contributed by atoms with E-state index in [9.17, 15) is 4.79 Å². The lowest BCUT2D eigenvalue weighted by atomic mass is 9.98. The van der Waals surface area contributed by atoms with E-state index >= 15 is 0 Å². The van der Waals surface area contributed by atoms with Crippen LogP contribution in [0.1, 0.15) is 29.7 Å². The van der Waals surface area contributed by atoms with Gasteiger partial charge in [-0.1, -0.05) is 48.0 Å². The van der Waals surface area contributed by atoms with Gasteiger partial charge in [-0.05, 0) is 44.5 Å². The van der Waals surface area contributed by atoms with Crippen molar-refractivity contribution in [2.45, 2.75) is 26.8 Å². The third kappa shape index (κ3) is 3.95. The molecule has 0 amide bonds. The van der Waals surface area contributed by atoms with E-state index in [0.717, 1.165) is 16.7 Å². The smallest absolute Gasteiger partial charge is 0.268 e. The molecule has 1 N–H and O–H groups in total. The standard InChI is InChI=1S/C26H21ClN4O3/c1-14-11-18(16(3)29-20-9-10-21(27)30-22(20)26-31-28-13-33-26)25-19(12-14)23(32)15(2)24(34-25)17-7-5-4-6-8-17/h4-13,16,29H,1-3H3. The summed E-state index contributed by atoms with van der Waals surface area (Å²) in [6.07, 6.45) is 1.24. The van der Waals surface area contributed by atoms with E-state index < -0.39 is 0 Å². The molecule has 0 fully saturated rings. The number of fused-ring (bicyclic) bond motifs is 1. The Balaban J connectivity index is 1.65. The summed E-state index contributed by atoms with van der Waals surface area (Å²) >= 11 is 6.12. The van der Waals surface area contributed by atoms with Crippen LogP contribution in [0, 0.1) is 13.8 Å². The molecule has 0 aliphatic rings. The van der Waals surface area contributed by atoms with Crippen molar-refractivity contribution in [2.24, 2.45) is 0 Å². The highest BCUT2D eigenvalue weighted by atomic mass is 35.5. The fraction of sp³-hybridized carbons (Fsp3) is 0.154. The molecule has 7 nitrogen and oxygen atoms in total. The zero-order valence-corrected chi connectivity index (χ0v) is 19.6. The van der Waals surface area contributed by atoms with Gasteiger partial charge < -0.3 is 14.2 Å². The summed E-state index contributed by atoms with van der Waals surface area (Å²) in [4.78, 5) is 17.7. The summed E-state index contributed by atoms with van der Waals surface area (Å²) in [5, 5.41) is 12.0. The van der Waals surface area contributed by atoms with Gasteiger partial charge in [0.05, 0.1) is 17.1 Å². The maximum absolute atomic E-state index is 13.3. The normalized spacial score (nSPS) is 12.1. The fourth-order valence-electron chi connectivity index (χ4n) is 4.06. The number of aryl methyl sites for hydroxylation is 1. The van der Waals surface area contributed by atoms with Crippen molar-refractivity contribution < 1.29 is 8.83 Å². The quantitative estimate of drug-likeness (QED) is 0.298. The molecule has 170 valence electrons. The first-order valence-electron chi connectivity index (χ1n) is 10.8. The van der Waals surface area contributed by atoms with Crippen molar-refractivity contribution in [2.75, 3.05) is 5.32 Å². The van der Waals surface area contributed by atoms with Gasteiger partial charge in [-0.3, -0.25) is 4.79 Å². The highest BCUT2D eigenvalue weighted by Crippen LogP contribution is 2.34. The second-order valence-electron chi connectivity index (χ2n) is 8.12. The van der Waals surface area contributed by atoms with E-state index in [4.69, 9.17) is 20.4 Å². The Morgan fingerprint density at radius 2 is 1.85 bits per heavy atom. The molecule has 5 aromatic rings. The average Bonchev–Trinajstić information content (AvgIpc) is 3.38. The van der Waals surface area contributed by atoms with Crippen molar-refractivity contribution in [1.29, 1.82) is 0 Å². The topological polar surface area (TPSA) is 94.1 Å². The van der Waals surface area contributed by atoms with E-state index in [1.165, 1.54) is 6.39 Å². The van der Waals surface area contributed by atoms with Crippen LogP contribution in [-0.4, -0.2) is 15.2 Å². The first kappa shape index (κ1) is 21.9. The van der Waals surface area contributed by atoms with Crippen LogP contribution in [0.2, 0.25) is 5.15 Å². The molecule has 3 heterocycles. The summed E-state index contributed by atoms with van der Waals surface area (Å²) in [6.45, 7) is 5.75. The Kier molecular flexibility index (Phi) is 5.63. The maximum atomic E-state index is 13.3.